The Morgan fingerprint density at radius 1 is 1.24 bits per heavy atom. The molecule has 5 heteroatoms. The normalized spacial score (nSPS) is 14.1. The zero-order chi connectivity index (χ0) is 15.0. The molecule has 1 heterocycles. The molecular formula is C16H18FN3O. The van der Waals surface area contributed by atoms with Gasteiger partial charge in [-0.25, -0.2) is 9.37 Å². The lowest BCUT2D eigenvalue weighted by Gasteiger charge is -2.13. The van der Waals surface area contributed by atoms with Gasteiger partial charge in [0.1, 0.15) is 23.2 Å². The highest BCUT2D eigenvalue weighted by Gasteiger charge is 2.28. The van der Waals surface area contributed by atoms with Crippen molar-refractivity contribution in [3.05, 3.63) is 41.0 Å². The molecule has 2 aromatic rings. The van der Waals surface area contributed by atoms with Crippen LogP contribution in [0, 0.1) is 19.7 Å². The Morgan fingerprint density at radius 3 is 2.62 bits per heavy atom. The first-order valence-electron chi connectivity index (χ1n) is 7.08. The molecule has 0 amide bonds. The molecule has 0 spiro atoms. The lowest BCUT2D eigenvalue weighted by atomic mass is 10.2. The second-order valence-electron chi connectivity index (χ2n) is 5.40. The average molecular weight is 287 g/mol. The Kier molecular flexibility index (Phi) is 3.49. The SMILES string of the molecule is CNc1nc(C2CC2)nc(Oc2ccc(F)c(C)c2)c1C. The van der Waals surface area contributed by atoms with Gasteiger partial charge in [0, 0.05) is 13.0 Å². The molecule has 1 N–H and O–H groups in total. The van der Waals surface area contributed by atoms with Crippen molar-refractivity contribution in [3.63, 3.8) is 0 Å². The quantitative estimate of drug-likeness (QED) is 0.925. The Labute approximate surface area is 123 Å². The number of aromatic nitrogens is 2. The Balaban J connectivity index is 1.96. The van der Waals surface area contributed by atoms with E-state index >= 15 is 0 Å². The van der Waals surface area contributed by atoms with Crippen molar-refractivity contribution in [3.8, 4) is 11.6 Å². The summed E-state index contributed by atoms with van der Waals surface area (Å²) in [7, 11) is 1.83. The third-order valence-corrected chi connectivity index (χ3v) is 3.64. The standard InChI is InChI=1S/C16H18FN3O/c1-9-8-12(6-7-13(9)17)21-16-10(2)14(18-3)19-15(20-16)11-4-5-11/h6-8,11H,4-5H2,1-3H3,(H,18,19,20). The maximum absolute atomic E-state index is 13.3. The van der Waals surface area contributed by atoms with Crippen LogP contribution in [0.2, 0.25) is 0 Å². The number of rotatable bonds is 4. The molecule has 0 saturated heterocycles. The van der Waals surface area contributed by atoms with Gasteiger partial charge in [-0.2, -0.15) is 4.98 Å². The molecule has 0 bridgehead atoms. The van der Waals surface area contributed by atoms with Crippen LogP contribution < -0.4 is 10.1 Å². The smallest absolute Gasteiger partial charge is 0.227 e. The van der Waals surface area contributed by atoms with Gasteiger partial charge >= 0.3 is 0 Å². The third kappa shape index (κ3) is 2.82. The van der Waals surface area contributed by atoms with E-state index in [1.54, 1.807) is 19.1 Å². The number of anilines is 1. The van der Waals surface area contributed by atoms with Crippen LogP contribution in [0.25, 0.3) is 0 Å². The van der Waals surface area contributed by atoms with Gasteiger partial charge in [-0.1, -0.05) is 0 Å². The van der Waals surface area contributed by atoms with Crippen molar-refractivity contribution in [2.75, 3.05) is 12.4 Å². The van der Waals surface area contributed by atoms with Crippen LogP contribution in [0.3, 0.4) is 0 Å². The molecule has 0 unspecified atom stereocenters. The number of nitrogens with zero attached hydrogens (tertiary/aromatic N) is 2. The first-order valence-corrected chi connectivity index (χ1v) is 7.08. The molecule has 1 fully saturated rings. The second-order valence-corrected chi connectivity index (χ2v) is 5.40. The Morgan fingerprint density at radius 2 is 2.00 bits per heavy atom. The van der Waals surface area contributed by atoms with Crippen LogP contribution in [-0.4, -0.2) is 17.0 Å². The number of ether oxygens (including phenoxy) is 1. The van der Waals surface area contributed by atoms with E-state index in [9.17, 15) is 4.39 Å². The van der Waals surface area contributed by atoms with Crippen LogP contribution in [0.4, 0.5) is 10.2 Å². The summed E-state index contributed by atoms with van der Waals surface area (Å²) in [6.45, 7) is 3.62. The molecule has 0 atom stereocenters. The molecule has 0 radical (unpaired) electrons. The monoisotopic (exact) mass is 287 g/mol. The van der Waals surface area contributed by atoms with Gasteiger partial charge in [0.15, 0.2) is 0 Å². The van der Waals surface area contributed by atoms with Crippen molar-refractivity contribution in [2.45, 2.75) is 32.6 Å². The van der Waals surface area contributed by atoms with Gasteiger partial charge in [0.25, 0.3) is 0 Å². The molecule has 0 aliphatic heterocycles. The summed E-state index contributed by atoms with van der Waals surface area (Å²) in [5, 5.41) is 3.07. The first-order chi connectivity index (χ1) is 10.1. The van der Waals surface area contributed by atoms with E-state index in [-0.39, 0.29) is 5.82 Å². The molecule has 110 valence electrons. The molecule has 1 aliphatic carbocycles. The maximum Gasteiger partial charge on any atom is 0.227 e. The first kappa shape index (κ1) is 13.8. The Bertz CT molecular complexity index is 683. The van der Waals surface area contributed by atoms with Crippen LogP contribution in [-0.2, 0) is 0 Å². The number of hydrogen-bond donors (Lipinski definition) is 1. The van der Waals surface area contributed by atoms with Crippen LogP contribution in [0.5, 0.6) is 11.6 Å². The van der Waals surface area contributed by atoms with E-state index in [0.717, 1.165) is 30.0 Å². The highest BCUT2D eigenvalue weighted by atomic mass is 19.1. The zero-order valence-corrected chi connectivity index (χ0v) is 12.4. The van der Waals surface area contributed by atoms with Gasteiger partial charge in [-0.15, -0.1) is 0 Å². The molecule has 3 rings (SSSR count). The molecule has 1 saturated carbocycles. The predicted octanol–water partition coefficient (Wildman–Crippen LogP) is 3.94. The van der Waals surface area contributed by atoms with Crippen molar-refractivity contribution in [1.82, 2.24) is 9.97 Å². The summed E-state index contributed by atoms with van der Waals surface area (Å²) in [6, 6.07) is 4.69. The van der Waals surface area contributed by atoms with E-state index in [0.29, 0.717) is 23.1 Å². The van der Waals surface area contributed by atoms with E-state index < -0.39 is 0 Å². The highest BCUT2D eigenvalue weighted by Crippen LogP contribution is 2.40. The van der Waals surface area contributed by atoms with Crippen molar-refractivity contribution < 1.29 is 9.13 Å². The predicted molar refractivity (Wildman–Crippen MR) is 79.5 cm³/mol. The summed E-state index contributed by atoms with van der Waals surface area (Å²) >= 11 is 0. The number of halogens is 1. The van der Waals surface area contributed by atoms with Crippen molar-refractivity contribution in [2.24, 2.45) is 0 Å². The van der Waals surface area contributed by atoms with Crippen LogP contribution >= 0.6 is 0 Å². The Hall–Kier alpha value is -2.17. The van der Waals surface area contributed by atoms with Crippen molar-refractivity contribution >= 4 is 5.82 Å². The topological polar surface area (TPSA) is 47.0 Å². The fourth-order valence-electron chi connectivity index (χ4n) is 2.17. The number of benzene rings is 1. The minimum atomic E-state index is -0.239. The largest absolute Gasteiger partial charge is 0.439 e. The van der Waals surface area contributed by atoms with Gasteiger partial charge in [0.2, 0.25) is 5.88 Å². The summed E-state index contributed by atoms with van der Waals surface area (Å²) in [6.07, 6.45) is 2.25. The van der Waals surface area contributed by atoms with E-state index in [2.05, 4.69) is 15.3 Å². The molecular weight excluding hydrogens is 269 g/mol. The van der Waals surface area contributed by atoms with Gasteiger partial charge in [0.05, 0.1) is 5.56 Å². The molecule has 1 aliphatic rings. The summed E-state index contributed by atoms with van der Waals surface area (Å²) in [5.41, 5.74) is 1.40. The van der Waals surface area contributed by atoms with E-state index in [1.165, 1.54) is 6.07 Å². The van der Waals surface area contributed by atoms with Gasteiger partial charge in [-0.3, -0.25) is 0 Å². The second kappa shape index (κ2) is 5.31. The summed E-state index contributed by atoms with van der Waals surface area (Å²) in [5.74, 6) is 2.91. The summed E-state index contributed by atoms with van der Waals surface area (Å²) < 4.78 is 19.2. The molecule has 4 nitrogen and oxygen atoms in total. The number of aryl methyl sites for hydroxylation is 1. The van der Waals surface area contributed by atoms with Crippen LogP contribution in [0.15, 0.2) is 18.2 Å². The lowest BCUT2D eigenvalue weighted by molar-refractivity contribution is 0.452. The highest BCUT2D eigenvalue weighted by molar-refractivity contribution is 5.49. The van der Waals surface area contributed by atoms with Crippen molar-refractivity contribution in [1.29, 1.82) is 0 Å². The number of hydrogen-bond acceptors (Lipinski definition) is 4. The third-order valence-electron chi connectivity index (χ3n) is 3.64. The van der Waals surface area contributed by atoms with Gasteiger partial charge in [-0.05, 0) is 50.5 Å². The van der Waals surface area contributed by atoms with E-state index in [1.807, 2.05) is 14.0 Å². The number of nitrogens with one attached hydrogen (secondary N) is 1. The maximum atomic E-state index is 13.3. The minimum absolute atomic E-state index is 0.239. The minimum Gasteiger partial charge on any atom is -0.439 e. The zero-order valence-electron chi connectivity index (χ0n) is 12.4. The van der Waals surface area contributed by atoms with Gasteiger partial charge < -0.3 is 10.1 Å². The summed E-state index contributed by atoms with van der Waals surface area (Å²) in [4.78, 5) is 9.05. The molecule has 1 aromatic heterocycles. The fraction of sp³-hybridized carbons (Fsp3) is 0.375. The van der Waals surface area contributed by atoms with E-state index in [4.69, 9.17) is 4.74 Å². The van der Waals surface area contributed by atoms with Crippen LogP contribution in [0.1, 0.15) is 35.7 Å². The molecule has 1 aromatic carbocycles. The lowest BCUT2D eigenvalue weighted by Crippen LogP contribution is -2.04. The fourth-order valence-corrected chi connectivity index (χ4v) is 2.17. The molecule has 21 heavy (non-hydrogen) atoms. The average Bonchev–Trinajstić information content (AvgIpc) is 3.29.